The van der Waals surface area contributed by atoms with Crippen LogP contribution in [-0.4, -0.2) is 49.9 Å². The van der Waals surface area contributed by atoms with Crippen molar-refractivity contribution in [3.05, 3.63) is 60.2 Å². The molecule has 1 amide bonds. The van der Waals surface area contributed by atoms with Crippen LogP contribution in [0.2, 0.25) is 0 Å². The molecule has 1 aliphatic heterocycles. The van der Waals surface area contributed by atoms with Gasteiger partial charge in [-0.05, 0) is 29.9 Å². The largest absolute Gasteiger partial charge is 0.481 e. The predicted molar refractivity (Wildman–Crippen MR) is 108 cm³/mol. The van der Waals surface area contributed by atoms with Gasteiger partial charge in [0, 0.05) is 32.1 Å². The van der Waals surface area contributed by atoms with E-state index in [4.69, 9.17) is 0 Å². The number of carbonyl (C=O) groups excluding carboxylic acids is 1. The molecule has 1 aromatic carbocycles. The fourth-order valence-electron chi connectivity index (χ4n) is 4.17. The van der Waals surface area contributed by atoms with Gasteiger partial charge in [-0.1, -0.05) is 30.3 Å². The summed E-state index contributed by atoms with van der Waals surface area (Å²) in [6.07, 6.45) is 5.23. The molecule has 0 saturated carbocycles. The highest BCUT2D eigenvalue weighted by Crippen LogP contribution is 2.30. The van der Waals surface area contributed by atoms with Crippen LogP contribution in [0.25, 0.3) is 11.0 Å². The van der Waals surface area contributed by atoms with Crippen LogP contribution in [0.15, 0.2) is 48.8 Å². The molecule has 0 radical (unpaired) electrons. The molecule has 7 nitrogen and oxygen atoms in total. The Morgan fingerprint density at radius 2 is 2.00 bits per heavy atom. The van der Waals surface area contributed by atoms with Crippen molar-refractivity contribution in [1.82, 2.24) is 19.9 Å². The minimum atomic E-state index is -0.794. The molecule has 3 heterocycles. The summed E-state index contributed by atoms with van der Waals surface area (Å²) >= 11 is 0. The molecule has 4 rings (SSSR count). The lowest BCUT2D eigenvalue weighted by Gasteiger charge is -2.38. The van der Waals surface area contributed by atoms with Gasteiger partial charge in [-0.25, -0.2) is 4.98 Å². The van der Waals surface area contributed by atoms with Crippen molar-refractivity contribution < 1.29 is 14.7 Å². The first-order valence-corrected chi connectivity index (χ1v) is 9.90. The number of nitrogens with zero attached hydrogens (tertiary/aromatic N) is 3. The van der Waals surface area contributed by atoms with Gasteiger partial charge >= 0.3 is 5.97 Å². The van der Waals surface area contributed by atoms with Crippen molar-refractivity contribution in [2.75, 3.05) is 13.1 Å². The molecular formula is C22H24N4O3. The maximum Gasteiger partial charge on any atom is 0.303 e. The molecule has 2 atom stereocenters. The van der Waals surface area contributed by atoms with Gasteiger partial charge in [0.2, 0.25) is 5.91 Å². The van der Waals surface area contributed by atoms with Gasteiger partial charge in [0.05, 0.1) is 23.7 Å². The maximum absolute atomic E-state index is 12.8. The zero-order valence-electron chi connectivity index (χ0n) is 16.1. The van der Waals surface area contributed by atoms with Gasteiger partial charge < -0.3 is 15.0 Å². The van der Waals surface area contributed by atoms with Crippen LogP contribution < -0.4 is 0 Å². The minimum Gasteiger partial charge on any atom is -0.481 e. The smallest absolute Gasteiger partial charge is 0.303 e. The predicted octanol–water partition coefficient (Wildman–Crippen LogP) is 2.68. The third-order valence-corrected chi connectivity index (χ3v) is 5.67. The Hall–Kier alpha value is -3.22. The molecule has 150 valence electrons. The number of hydrogen-bond donors (Lipinski definition) is 2. The molecule has 1 aliphatic rings. The lowest BCUT2D eigenvalue weighted by molar-refractivity contribution is -0.139. The van der Waals surface area contributed by atoms with Crippen LogP contribution >= 0.6 is 0 Å². The highest BCUT2D eigenvalue weighted by Gasteiger charge is 2.33. The number of carboxylic acid groups (broad SMARTS) is 1. The van der Waals surface area contributed by atoms with Crippen LogP contribution in [0.4, 0.5) is 0 Å². The number of piperidine rings is 1. The van der Waals surface area contributed by atoms with Crippen molar-refractivity contribution >= 4 is 22.9 Å². The number of nitrogens with one attached hydrogen (secondary N) is 1. The van der Waals surface area contributed by atoms with Gasteiger partial charge in [0.15, 0.2) is 0 Å². The maximum atomic E-state index is 12.8. The van der Waals surface area contributed by atoms with E-state index in [2.05, 4.69) is 15.0 Å². The number of likely N-dealkylation sites (tertiary alicyclic amines) is 1. The molecule has 0 aliphatic carbocycles. The summed E-state index contributed by atoms with van der Waals surface area (Å²) in [6, 6.07) is 11.6. The zero-order valence-corrected chi connectivity index (χ0v) is 16.1. The number of aromatic amines is 1. The van der Waals surface area contributed by atoms with Crippen molar-refractivity contribution in [1.29, 1.82) is 0 Å². The monoisotopic (exact) mass is 392 g/mol. The minimum absolute atomic E-state index is 0.0274. The first-order valence-electron chi connectivity index (χ1n) is 9.90. The SMILES string of the molecule is O=C(O)C[C@@H]1CCN(C(=O)Cc2ccccc2)C[C@@H]1Cc1nc2ccncc2[nH]1. The Labute approximate surface area is 168 Å². The number of carboxylic acids is 1. The fraction of sp³-hybridized carbons (Fsp3) is 0.364. The van der Waals surface area contributed by atoms with Gasteiger partial charge in [-0.3, -0.25) is 14.6 Å². The molecule has 7 heteroatoms. The first kappa shape index (κ1) is 19.1. The molecule has 0 bridgehead atoms. The quantitative estimate of drug-likeness (QED) is 0.672. The number of hydrogen-bond acceptors (Lipinski definition) is 4. The second kappa shape index (κ2) is 8.43. The lowest BCUT2D eigenvalue weighted by Crippen LogP contribution is -2.45. The summed E-state index contributed by atoms with van der Waals surface area (Å²) in [5.74, 6) is 0.181. The number of carbonyl (C=O) groups is 2. The number of rotatable bonds is 6. The second-order valence-electron chi connectivity index (χ2n) is 7.69. The van der Waals surface area contributed by atoms with Crippen LogP contribution in [0.1, 0.15) is 24.2 Å². The van der Waals surface area contributed by atoms with Crippen molar-refractivity contribution in [2.45, 2.75) is 25.7 Å². The topological polar surface area (TPSA) is 99.2 Å². The Kier molecular flexibility index (Phi) is 5.55. The molecule has 3 aromatic rings. The van der Waals surface area contributed by atoms with Gasteiger partial charge in [-0.2, -0.15) is 0 Å². The number of benzene rings is 1. The Bertz CT molecular complexity index is 968. The Balaban J connectivity index is 1.49. The van der Waals surface area contributed by atoms with Gasteiger partial charge in [-0.15, -0.1) is 0 Å². The Morgan fingerprint density at radius 1 is 1.17 bits per heavy atom. The van der Waals surface area contributed by atoms with E-state index in [1.165, 1.54) is 0 Å². The number of amides is 1. The average molecular weight is 392 g/mol. The molecular weight excluding hydrogens is 368 g/mol. The summed E-state index contributed by atoms with van der Waals surface area (Å²) in [4.78, 5) is 38.0. The number of aliphatic carboxylic acids is 1. The molecule has 1 saturated heterocycles. The first-order chi connectivity index (χ1) is 14.1. The molecule has 2 N–H and O–H groups in total. The highest BCUT2D eigenvalue weighted by atomic mass is 16.4. The highest BCUT2D eigenvalue weighted by molar-refractivity contribution is 5.79. The van der Waals surface area contributed by atoms with Crippen LogP contribution in [0, 0.1) is 11.8 Å². The van der Waals surface area contributed by atoms with Crippen molar-refractivity contribution in [3.8, 4) is 0 Å². The van der Waals surface area contributed by atoms with Gasteiger partial charge in [0.25, 0.3) is 0 Å². The van der Waals surface area contributed by atoms with Crippen LogP contribution in [-0.2, 0) is 22.4 Å². The van der Waals surface area contributed by atoms with E-state index in [0.29, 0.717) is 32.4 Å². The van der Waals surface area contributed by atoms with E-state index in [9.17, 15) is 14.7 Å². The van der Waals surface area contributed by atoms with Gasteiger partial charge in [0.1, 0.15) is 5.82 Å². The average Bonchev–Trinajstić information content (AvgIpc) is 3.12. The van der Waals surface area contributed by atoms with E-state index in [1.807, 2.05) is 41.3 Å². The number of H-pyrrole nitrogens is 1. The summed E-state index contributed by atoms with van der Waals surface area (Å²) < 4.78 is 0. The second-order valence-corrected chi connectivity index (χ2v) is 7.69. The summed E-state index contributed by atoms with van der Waals surface area (Å²) in [5.41, 5.74) is 2.70. The molecule has 29 heavy (non-hydrogen) atoms. The molecule has 1 fully saturated rings. The molecule has 0 spiro atoms. The van der Waals surface area contributed by atoms with E-state index < -0.39 is 5.97 Å². The van der Waals surface area contributed by atoms with Crippen LogP contribution in [0.3, 0.4) is 0 Å². The Morgan fingerprint density at radius 3 is 2.76 bits per heavy atom. The standard InChI is InChI=1S/C22H24N4O3/c27-21(10-15-4-2-1-3-5-15)26-9-7-16(12-22(28)29)17(14-26)11-20-24-18-6-8-23-13-19(18)25-20/h1-6,8,13,16-17H,7,9-12,14H2,(H,24,25)(H,28,29)/t16-,17-/m0/s1. The van der Waals surface area contributed by atoms with E-state index in [0.717, 1.165) is 22.4 Å². The number of pyridine rings is 1. The zero-order chi connectivity index (χ0) is 20.2. The van der Waals surface area contributed by atoms with Crippen LogP contribution in [0.5, 0.6) is 0 Å². The number of aromatic nitrogens is 3. The summed E-state index contributed by atoms with van der Waals surface area (Å²) in [5, 5.41) is 9.32. The van der Waals surface area contributed by atoms with E-state index in [1.54, 1.807) is 12.4 Å². The molecule has 0 unspecified atom stereocenters. The number of fused-ring (bicyclic) bond motifs is 1. The number of imidazole rings is 1. The summed E-state index contributed by atoms with van der Waals surface area (Å²) in [6.45, 7) is 1.16. The van der Waals surface area contributed by atoms with Crippen molar-refractivity contribution in [3.63, 3.8) is 0 Å². The van der Waals surface area contributed by atoms with Crippen molar-refractivity contribution in [2.24, 2.45) is 11.8 Å². The lowest BCUT2D eigenvalue weighted by atomic mass is 9.81. The normalized spacial score (nSPS) is 19.4. The third-order valence-electron chi connectivity index (χ3n) is 5.67. The third kappa shape index (κ3) is 4.62. The fourth-order valence-corrected chi connectivity index (χ4v) is 4.17. The summed E-state index contributed by atoms with van der Waals surface area (Å²) in [7, 11) is 0. The van der Waals surface area contributed by atoms with E-state index in [-0.39, 0.29) is 24.2 Å². The molecule has 2 aromatic heterocycles. The van der Waals surface area contributed by atoms with E-state index >= 15 is 0 Å².